The molecule has 0 aliphatic rings. The summed E-state index contributed by atoms with van der Waals surface area (Å²) in [7, 11) is 2.56. The molecule has 0 radical (unpaired) electrons. The summed E-state index contributed by atoms with van der Waals surface area (Å²) in [5, 5.41) is 20.7. The van der Waals surface area contributed by atoms with Crippen molar-refractivity contribution in [3.63, 3.8) is 0 Å². The van der Waals surface area contributed by atoms with Gasteiger partial charge in [0.05, 0.1) is 42.7 Å². The number of fused-ring (bicyclic) bond motifs is 1. The van der Waals surface area contributed by atoms with Crippen molar-refractivity contribution in [3.05, 3.63) is 33.5 Å². The predicted octanol–water partition coefficient (Wildman–Crippen LogP) is 1.36. The molecule has 106 valence electrons. The lowest BCUT2D eigenvalue weighted by Gasteiger charge is -2.02. The Kier molecular flexibility index (Phi) is 3.57. The van der Waals surface area contributed by atoms with Gasteiger partial charge in [0.2, 0.25) is 0 Å². The number of carbonyl (C=O) groups is 1. The Morgan fingerprint density at radius 2 is 2.15 bits per heavy atom. The van der Waals surface area contributed by atoms with Gasteiger partial charge in [-0.1, -0.05) is 0 Å². The van der Waals surface area contributed by atoms with Gasteiger partial charge >= 0.3 is 5.97 Å². The highest BCUT2D eigenvalue weighted by atomic mass is 16.6. The topological polar surface area (TPSA) is 115 Å². The number of non-ortho nitro benzene ring substituents is 1. The maximum absolute atomic E-state index is 11.6. The number of rotatable bonds is 4. The summed E-state index contributed by atoms with van der Waals surface area (Å²) >= 11 is 0. The lowest BCUT2D eigenvalue weighted by molar-refractivity contribution is -0.383. The minimum atomic E-state index is -0.710. The number of aromatic amines is 1. The Labute approximate surface area is 113 Å². The van der Waals surface area contributed by atoms with Crippen molar-refractivity contribution in [3.8, 4) is 5.75 Å². The number of esters is 1. The number of methoxy groups -OCH3 is 2. The molecule has 2 rings (SSSR count). The van der Waals surface area contributed by atoms with Gasteiger partial charge in [-0.3, -0.25) is 10.1 Å². The number of H-pyrrole nitrogens is 1. The molecule has 0 fully saturated rings. The molecule has 0 saturated heterocycles. The average Bonchev–Trinajstić information content (AvgIpc) is 2.83. The van der Waals surface area contributed by atoms with Crippen molar-refractivity contribution in [2.24, 2.45) is 0 Å². The largest absolute Gasteiger partial charge is 0.496 e. The minimum Gasteiger partial charge on any atom is -0.496 e. The number of nitro benzene ring substituents is 1. The molecule has 20 heavy (non-hydrogen) atoms. The Morgan fingerprint density at radius 3 is 2.65 bits per heavy atom. The van der Waals surface area contributed by atoms with E-state index in [4.69, 9.17) is 4.74 Å². The fourth-order valence-corrected chi connectivity index (χ4v) is 2.05. The van der Waals surface area contributed by atoms with E-state index < -0.39 is 17.5 Å². The molecule has 0 amide bonds. The van der Waals surface area contributed by atoms with Crippen molar-refractivity contribution >= 4 is 22.6 Å². The maximum atomic E-state index is 11.6. The number of hydrogen-bond donors (Lipinski definition) is 2. The van der Waals surface area contributed by atoms with Gasteiger partial charge in [-0.15, -0.1) is 0 Å². The Bertz CT molecular complexity index is 691. The van der Waals surface area contributed by atoms with Gasteiger partial charge in [-0.25, -0.2) is 4.79 Å². The normalized spacial score (nSPS) is 10.6. The second kappa shape index (κ2) is 5.17. The van der Waals surface area contributed by atoms with Crippen LogP contribution in [0, 0.1) is 10.1 Å². The summed E-state index contributed by atoms with van der Waals surface area (Å²) in [4.78, 5) is 24.9. The van der Waals surface area contributed by atoms with Crippen LogP contribution in [0.15, 0.2) is 12.1 Å². The van der Waals surface area contributed by atoms with E-state index in [2.05, 4.69) is 9.72 Å². The van der Waals surface area contributed by atoms with Crippen LogP contribution in [0.3, 0.4) is 0 Å². The van der Waals surface area contributed by atoms with Gasteiger partial charge in [0, 0.05) is 11.6 Å². The van der Waals surface area contributed by atoms with Crippen LogP contribution < -0.4 is 4.74 Å². The summed E-state index contributed by atoms with van der Waals surface area (Å²) < 4.78 is 9.56. The summed E-state index contributed by atoms with van der Waals surface area (Å²) in [6.07, 6.45) is 0. The Hall–Kier alpha value is -2.61. The first-order valence-corrected chi connectivity index (χ1v) is 5.59. The van der Waals surface area contributed by atoms with Gasteiger partial charge in [-0.05, 0) is 0 Å². The molecule has 2 N–H and O–H groups in total. The molecule has 0 unspecified atom stereocenters. The van der Waals surface area contributed by atoms with Gasteiger partial charge in [-0.2, -0.15) is 0 Å². The average molecular weight is 280 g/mol. The number of carbonyl (C=O) groups excluding carboxylic acids is 1. The second-order valence-corrected chi connectivity index (χ2v) is 3.95. The molecule has 1 aromatic carbocycles. The molecule has 2 aromatic rings. The maximum Gasteiger partial charge on any atom is 0.354 e. The minimum absolute atomic E-state index is 0.0126. The number of nitrogens with zero attached hydrogens (tertiary/aromatic N) is 1. The van der Waals surface area contributed by atoms with Crippen LogP contribution in [-0.2, 0) is 11.3 Å². The van der Waals surface area contributed by atoms with E-state index in [1.807, 2.05) is 0 Å². The number of aliphatic hydroxyl groups is 1. The Morgan fingerprint density at radius 1 is 1.45 bits per heavy atom. The molecule has 0 aliphatic carbocycles. The third kappa shape index (κ3) is 2.05. The van der Waals surface area contributed by atoms with Crippen LogP contribution in [-0.4, -0.2) is 35.2 Å². The number of nitrogens with one attached hydrogen (secondary N) is 1. The number of ether oxygens (including phenoxy) is 2. The van der Waals surface area contributed by atoms with E-state index in [0.29, 0.717) is 5.52 Å². The third-order valence-corrected chi connectivity index (χ3v) is 2.93. The van der Waals surface area contributed by atoms with Crippen molar-refractivity contribution in [1.29, 1.82) is 0 Å². The van der Waals surface area contributed by atoms with Gasteiger partial charge < -0.3 is 19.6 Å². The van der Waals surface area contributed by atoms with Crippen LogP contribution in [0.2, 0.25) is 0 Å². The predicted molar refractivity (Wildman–Crippen MR) is 68.8 cm³/mol. The highest BCUT2D eigenvalue weighted by Gasteiger charge is 2.25. The second-order valence-electron chi connectivity index (χ2n) is 3.95. The van der Waals surface area contributed by atoms with E-state index in [0.717, 1.165) is 0 Å². The van der Waals surface area contributed by atoms with Crippen molar-refractivity contribution in [1.82, 2.24) is 4.98 Å². The summed E-state index contributed by atoms with van der Waals surface area (Å²) in [6.45, 7) is -0.530. The first-order chi connectivity index (χ1) is 9.53. The van der Waals surface area contributed by atoms with Crippen molar-refractivity contribution < 1.29 is 24.3 Å². The van der Waals surface area contributed by atoms with E-state index in [1.165, 1.54) is 26.4 Å². The molecule has 0 spiro atoms. The summed E-state index contributed by atoms with van der Waals surface area (Å²) in [5.41, 5.74) is 0.179. The quantitative estimate of drug-likeness (QED) is 0.496. The molecule has 0 bridgehead atoms. The monoisotopic (exact) mass is 280 g/mol. The molecule has 0 saturated carbocycles. The summed E-state index contributed by atoms with van der Waals surface area (Å²) in [5.74, 6) is -0.440. The fourth-order valence-electron chi connectivity index (χ4n) is 2.05. The third-order valence-electron chi connectivity index (χ3n) is 2.93. The van der Waals surface area contributed by atoms with Crippen LogP contribution in [0.5, 0.6) is 5.75 Å². The number of aliphatic hydroxyl groups excluding tert-OH is 1. The molecule has 8 nitrogen and oxygen atoms in total. The molecule has 0 aliphatic heterocycles. The highest BCUT2D eigenvalue weighted by molar-refractivity contribution is 6.02. The van der Waals surface area contributed by atoms with Gasteiger partial charge in [0.25, 0.3) is 5.69 Å². The smallest absolute Gasteiger partial charge is 0.354 e. The lowest BCUT2D eigenvalue weighted by Crippen LogP contribution is -2.05. The van der Waals surface area contributed by atoms with Gasteiger partial charge in [0.15, 0.2) is 0 Å². The van der Waals surface area contributed by atoms with E-state index in [-0.39, 0.29) is 28.1 Å². The van der Waals surface area contributed by atoms with Crippen molar-refractivity contribution in [2.45, 2.75) is 6.61 Å². The molecular weight excluding hydrogens is 268 g/mol. The standard InChI is InChI=1S/C12H12N2O6/c1-19-6-3-8-10(9(4-6)14(17)18)7(5-15)11(13-8)12(16)20-2/h3-4,13,15H,5H2,1-2H3. The molecule has 0 atom stereocenters. The summed E-state index contributed by atoms with van der Waals surface area (Å²) in [6, 6.07) is 2.74. The SMILES string of the molecule is COC(=O)c1[nH]c2cc(OC)cc([N+](=O)[O-])c2c1CO. The van der Waals surface area contributed by atoms with Crippen LogP contribution in [0.4, 0.5) is 5.69 Å². The van der Waals surface area contributed by atoms with Gasteiger partial charge in [0.1, 0.15) is 11.4 Å². The van der Waals surface area contributed by atoms with E-state index in [1.54, 1.807) is 0 Å². The fraction of sp³-hybridized carbons (Fsp3) is 0.250. The van der Waals surface area contributed by atoms with Crippen molar-refractivity contribution in [2.75, 3.05) is 14.2 Å². The first kappa shape index (κ1) is 13.8. The number of benzene rings is 1. The molecular formula is C12H12N2O6. The van der Waals surface area contributed by atoms with E-state index >= 15 is 0 Å². The molecule has 8 heteroatoms. The Balaban J connectivity index is 2.86. The number of hydrogen-bond acceptors (Lipinski definition) is 6. The number of aromatic nitrogens is 1. The zero-order valence-corrected chi connectivity index (χ0v) is 10.8. The highest BCUT2D eigenvalue weighted by Crippen LogP contribution is 2.35. The molecule has 1 aromatic heterocycles. The van der Waals surface area contributed by atoms with Crippen LogP contribution in [0.25, 0.3) is 10.9 Å². The number of nitro groups is 1. The van der Waals surface area contributed by atoms with E-state index in [9.17, 15) is 20.0 Å². The zero-order valence-electron chi connectivity index (χ0n) is 10.8. The lowest BCUT2D eigenvalue weighted by atomic mass is 10.1. The van der Waals surface area contributed by atoms with Crippen LogP contribution >= 0.6 is 0 Å². The molecule has 1 heterocycles. The first-order valence-electron chi connectivity index (χ1n) is 5.59. The van der Waals surface area contributed by atoms with Crippen LogP contribution in [0.1, 0.15) is 16.1 Å². The zero-order chi connectivity index (χ0) is 14.9.